The lowest BCUT2D eigenvalue weighted by molar-refractivity contribution is 0.286. The zero-order chi connectivity index (χ0) is 14.4. The number of hydrogen-bond donors (Lipinski definition) is 1. The van der Waals surface area contributed by atoms with E-state index in [0.717, 1.165) is 11.1 Å². The summed E-state index contributed by atoms with van der Waals surface area (Å²) >= 11 is 0. The quantitative estimate of drug-likeness (QED) is 0.908. The fourth-order valence-electron chi connectivity index (χ4n) is 1.97. The first-order chi connectivity index (χ1) is 9.76. The van der Waals surface area contributed by atoms with E-state index < -0.39 is 5.82 Å². The third-order valence-corrected chi connectivity index (χ3v) is 2.97. The summed E-state index contributed by atoms with van der Waals surface area (Å²) in [7, 11) is 0. The molecule has 0 aliphatic carbocycles. The molecule has 0 fully saturated rings. The van der Waals surface area contributed by atoms with Gasteiger partial charge in [-0.15, -0.1) is 0 Å². The van der Waals surface area contributed by atoms with Gasteiger partial charge in [-0.25, -0.2) is 4.39 Å². The fourth-order valence-corrected chi connectivity index (χ4v) is 1.97. The minimum atomic E-state index is -0.412. The van der Waals surface area contributed by atoms with Gasteiger partial charge in [0, 0.05) is 5.56 Å². The van der Waals surface area contributed by atoms with E-state index in [0.29, 0.717) is 18.5 Å². The molecular weight excluding hydrogens is 255 g/mol. The second-order valence-corrected chi connectivity index (χ2v) is 4.32. The van der Waals surface area contributed by atoms with Crippen molar-refractivity contribution in [1.82, 2.24) is 0 Å². The molecule has 0 radical (unpaired) electrons. The predicted molar refractivity (Wildman–Crippen MR) is 74.6 cm³/mol. The van der Waals surface area contributed by atoms with E-state index in [4.69, 9.17) is 15.7 Å². The van der Waals surface area contributed by atoms with Crippen molar-refractivity contribution >= 4 is 0 Å². The van der Waals surface area contributed by atoms with Crippen molar-refractivity contribution in [2.24, 2.45) is 5.73 Å². The lowest BCUT2D eigenvalue weighted by atomic mass is 10.1. The van der Waals surface area contributed by atoms with Gasteiger partial charge in [0.1, 0.15) is 6.61 Å². The van der Waals surface area contributed by atoms with Gasteiger partial charge >= 0.3 is 0 Å². The topological polar surface area (TPSA) is 59.0 Å². The molecule has 0 aliphatic rings. The lowest BCUT2D eigenvalue weighted by Crippen LogP contribution is -2.07. The number of benzene rings is 2. The minimum Gasteiger partial charge on any atom is -0.485 e. The molecule has 0 spiro atoms. The molecular formula is C16H15FN2O. The van der Waals surface area contributed by atoms with Gasteiger partial charge in [-0.2, -0.15) is 5.26 Å². The van der Waals surface area contributed by atoms with E-state index in [1.807, 2.05) is 6.07 Å². The highest BCUT2D eigenvalue weighted by Crippen LogP contribution is 2.24. The molecule has 20 heavy (non-hydrogen) atoms. The number of para-hydroxylation sites is 1. The van der Waals surface area contributed by atoms with Crippen LogP contribution in [0.1, 0.15) is 16.7 Å². The van der Waals surface area contributed by atoms with Crippen molar-refractivity contribution in [3.8, 4) is 11.8 Å². The van der Waals surface area contributed by atoms with Crippen molar-refractivity contribution < 1.29 is 9.13 Å². The number of rotatable bonds is 5. The van der Waals surface area contributed by atoms with Gasteiger partial charge in [0.15, 0.2) is 11.6 Å². The molecule has 0 heterocycles. The Bertz CT molecular complexity index is 635. The van der Waals surface area contributed by atoms with Crippen LogP contribution in [0.15, 0.2) is 42.5 Å². The zero-order valence-electron chi connectivity index (χ0n) is 11.0. The molecule has 2 aromatic rings. The lowest BCUT2D eigenvalue weighted by Gasteiger charge is -2.12. The number of nitrogens with zero attached hydrogens (tertiary/aromatic N) is 1. The summed E-state index contributed by atoms with van der Waals surface area (Å²) in [6, 6.07) is 14.0. The summed E-state index contributed by atoms with van der Waals surface area (Å²) in [6.45, 7) is 0.580. The largest absolute Gasteiger partial charge is 0.485 e. The van der Waals surface area contributed by atoms with Gasteiger partial charge in [0.2, 0.25) is 0 Å². The maximum absolute atomic E-state index is 13.8. The summed E-state index contributed by atoms with van der Waals surface area (Å²) in [5.74, 6) is -0.198. The maximum Gasteiger partial charge on any atom is 0.165 e. The first kappa shape index (κ1) is 14.0. The molecule has 0 saturated heterocycles. The highest BCUT2D eigenvalue weighted by molar-refractivity contribution is 5.39. The summed E-state index contributed by atoms with van der Waals surface area (Å²) in [5.41, 5.74) is 7.51. The average molecular weight is 270 g/mol. The predicted octanol–water partition coefficient (Wildman–Crippen LogP) is 2.78. The third kappa shape index (κ3) is 3.14. The van der Waals surface area contributed by atoms with Gasteiger partial charge in [-0.05, 0) is 30.7 Å². The Balaban J connectivity index is 2.21. The van der Waals surface area contributed by atoms with Crippen LogP contribution in [0, 0.1) is 17.1 Å². The summed E-state index contributed by atoms with van der Waals surface area (Å²) < 4.78 is 19.4. The Kier molecular flexibility index (Phi) is 4.70. The number of ether oxygens (including phenoxy) is 1. The molecule has 4 heteroatoms. The summed E-state index contributed by atoms with van der Waals surface area (Å²) in [5, 5.41) is 9.01. The first-order valence-electron chi connectivity index (χ1n) is 6.34. The van der Waals surface area contributed by atoms with Crippen LogP contribution in [0.5, 0.6) is 5.75 Å². The Morgan fingerprint density at radius 2 is 1.85 bits per heavy atom. The highest BCUT2D eigenvalue weighted by Gasteiger charge is 2.10. The van der Waals surface area contributed by atoms with E-state index in [1.54, 1.807) is 30.3 Å². The summed E-state index contributed by atoms with van der Waals surface area (Å²) in [6.07, 6.45) is 0.549. The Morgan fingerprint density at radius 1 is 1.10 bits per heavy atom. The zero-order valence-corrected chi connectivity index (χ0v) is 11.0. The van der Waals surface area contributed by atoms with Crippen molar-refractivity contribution in [1.29, 1.82) is 5.26 Å². The third-order valence-electron chi connectivity index (χ3n) is 2.97. The van der Waals surface area contributed by atoms with Crippen LogP contribution in [0.4, 0.5) is 4.39 Å². The molecule has 0 amide bonds. The van der Waals surface area contributed by atoms with E-state index in [2.05, 4.69) is 6.07 Å². The van der Waals surface area contributed by atoms with Gasteiger partial charge in [0.05, 0.1) is 11.6 Å². The van der Waals surface area contributed by atoms with Crippen LogP contribution >= 0.6 is 0 Å². The fraction of sp³-hybridized carbons (Fsp3) is 0.188. The van der Waals surface area contributed by atoms with Crippen LogP contribution in [0.25, 0.3) is 0 Å². The number of nitrogens with two attached hydrogens (primary N) is 1. The normalized spacial score (nSPS) is 10.1. The van der Waals surface area contributed by atoms with Crippen molar-refractivity contribution in [2.75, 3.05) is 6.54 Å². The second kappa shape index (κ2) is 6.69. The first-order valence-corrected chi connectivity index (χ1v) is 6.34. The average Bonchev–Trinajstić information content (AvgIpc) is 2.47. The van der Waals surface area contributed by atoms with Gasteiger partial charge in [0.25, 0.3) is 0 Å². The molecule has 0 bridgehead atoms. The smallest absolute Gasteiger partial charge is 0.165 e. The molecule has 2 N–H and O–H groups in total. The SMILES string of the molecule is N#Cc1ccccc1COc1c(F)cccc1CCN. The number of nitriles is 1. The summed E-state index contributed by atoms with van der Waals surface area (Å²) in [4.78, 5) is 0. The van der Waals surface area contributed by atoms with Crippen molar-refractivity contribution in [3.63, 3.8) is 0 Å². The Morgan fingerprint density at radius 3 is 2.60 bits per heavy atom. The standard InChI is InChI=1S/C16H15FN2O/c17-15-7-3-6-12(8-9-18)16(15)20-11-14-5-2-1-4-13(14)10-19/h1-7H,8-9,11,18H2. The molecule has 0 saturated carbocycles. The van der Waals surface area contributed by atoms with E-state index in [9.17, 15) is 4.39 Å². The second-order valence-electron chi connectivity index (χ2n) is 4.32. The molecule has 2 rings (SSSR count). The maximum atomic E-state index is 13.8. The molecule has 0 unspecified atom stereocenters. The molecule has 0 aromatic heterocycles. The van der Waals surface area contributed by atoms with Gasteiger partial charge in [-0.3, -0.25) is 0 Å². The molecule has 3 nitrogen and oxygen atoms in total. The van der Waals surface area contributed by atoms with Crippen LogP contribution in [0.2, 0.25) is 0 Å². The van der Waals surface area contributed by atoms with Crippen LogP contribution in [-0.4, -0.2) is 6.54 Å². The van der Waals surface area contributed by atoms with Crippen LogP contribution < -0.4 is 10.5 Å². The van der Waals surface area contributed by atoms with Crippen molar-refractivity contribution in [3.05, 3.63) is 65.0 Å². The van der Waals surface area contributed by atoms with Crippen molar-refractivity contribution in [2.45, 2.75) is 13.0 Å². The van der Waals surface area contributed by atoms with Gasteiger partial charge in [-0.1, -0.05) is 30.3 Å². The van der Waals surface area contributed by atoms with Gasteiger partial charge < -0.3 is 10.5 Å². The minimum absolute atomic E-state index is 0.155. The van der Waals surface area contributed by atoms with E-state index in [1.165, 1.54) is 6.07 Å². The van der Waals surface area contributed by atoms with E-state index in [-0.39, 0.29) is 12.4 Å². The Hall–Kier alpha value is -2.38. The molecule has 0 aliphatic heterocycles. The van der Waals surface area contributed by atoms with E-state index >= 15 is 0 Å². The molecule has 2 aromatic carbocycles. The van der Waals surface area contributed by atoms with Crippen LogP contribution in [0.3, 0.4) is 0 Å². The highest BCUT2D eigenvalue weighted by atomic mass is 19.1. The number of hydrogen-bond acceptors (Lipinski definition) is 3. The van der Waals surface area contributed by atoms with Crippen LogP contribution in [-0.2, 0) is 13.0 Å². The molecule has 0 atom stereocenters. The monoisotopic (exact) mass is 270 g/mol. The Labute approximate surface area is 117 Å². The molecule has 102 valence electrons. The number of halogens is 1.